The Morgan fingerprint density at radius 2 is 1.89 bits per heavy atom. The summed E-state index contributed by atoms with van der Waals surface area (Å²) in [6.07, 6.45) is 1.58. The van der Waals surface area contributed by atoms with Gasteiger partial charge in [-0.15, -0.1) is 0 Å². The summed E-state index contributed by atoms with van der Waals surface area (Å²) >= 11 is 0. The number of sulfonamides is 1. The van der Waals surface area contributed by atoms with Crippen LogP contribution in [0.25, 0.3) is 16.8 Å². The number of hydrogen-bond acceptors (Lipinski definition) is 6. The van der Waals surface area contributed by atoms with E-state index in [2.05, 4.69) is 10.3 Å². The maximum absolute atomic E-state index is 15.3. The fourth-order valence-corrected chi connectivity index (χ4v) is 5.13. The summed E-state index contributed by atoms with van der Waals surface area (Å²) in [6, 6.07) is 16.9. The normalized spacial score (nSPS) is 15.7. The Bertz CT molecular complexity index is 1570. The van der Waals surface area contributed by atoms with E-state index in [1.54, 1.807) is 35.2 Å². The predicted molar refractivity (Wildman–Crippen MR) is 129 cm³/mol. The third-order valence-corrected chi connectivity index (χ3v) is 7.02. The van der Waals surface area contributed by atoms with Gasteiger partial charge in [0.2, 0.25) is 15.8 Å². The summed E-state index contributed by atoms with van der Waals surface area (Å²) in [7, 11) is -4.00. The van der Waals surface area contributed by atoms with Crippen molar-refractivity contribution in [1.82, 2.24) is 14.9 Å². The van der Waals surface area contributed by atoms with Gasteiger partial charge in [-0.05, 0) is 35.4 Å². The topological polar surface area (TPSA) is 133 Å². The highest BCUT2D eigenvalue weighted by Crippen LogP contribution is 2.33. The zero-order valence-corrected chi connectivity index (χ0v) is 19.3. The Labute approximate surface area is 201 Å². The van der Waals surface area contributed by atoms with Crippen LogP contribution in [-0.4, -0.2) is 23.8 Å². The largest absolute Gasteiger partial charge is 0.326 e. The van der Waals surface area contributed by atoms with Crippen molar-refractivity contribution in [2.75, 3.05) is 0 Å². The van der Waals surface area contributed by atoms with E-state index in [-0.39, 0.29) is 28.4 Å². The molecule has 1 aromatic heterocycles. The Balaban J connectivity index is 1.52. The van der Waals surface area contributed by atoms with Crippen LogP contribution < -0.4 is 16.2 Å². The number of aromatic nitrogens is 2. The first-order chi connectivity index (χ1) is 16.8. The SMILES string of the molecule is NCc1cccc(-n2cnc3c2C(=O)C(c2ccc(-c4ccccc4S(N)(=O)=O)cc2F)NC3)c1. The molecule has 0 saturated carbocycles. The third-order valence-electron chi connectivity index (χ3n) is 6.05. The van der Waals surface area contributed by atoms with Gasteiger partial charge in [0.15, 0.2) is 0 Å². The Morgan fingerprint density at radius 3 is 2.63 bits per heavy atom. The summed E-state index contributed by atoms with van der Waals surface area (Å²) in [5.74, 6) is -0.962. The van der Waals surface area contributed by atoms with E-state index in [4.69, 9.17) is 10.9 Å². The molecule has 178 valence electrons. The second-order valence-electron chi connectivity index (χ2n) is 8.24. The molecule has 5 N–H and O–H groups in total. The molecule has 10 heteroatoms. The second kappa shape index (κ2) is 8.82. The molecule has 8 nitrogen and oxygen atoms in total. The van der Waals surface area contributed by atoms with Crippen LogP contribution in [0.1, 0.15) is 33.4 Å². The van der Waals surface area contributed by atoms with Crippen molar-refractivity contribution in [2.24, 2.45) is 10.9 Å². The Hall–Kier alpha value is -3.70. The quantitative estimate of drug-likeness (QED) is 0.393. The molecular weight excluding hydrogens is 469 g/mol. The molecule has 1 aliphatic heterocycles. The summed E-state index contributed by atoms with van der Waals surface area (Å²) in [5, 5.41) is 8.39. The van der Waals surface area contributed by atoms with Gasteiger partial charge in [-0.25, -0.2) is 22.9 Å². The lowest BCUT2D eigenvalue weighted by Crippen LogP contribution is -2.36. The number of Topliss-reactive ketones (excluding diaryl/α,β-unsaturated/α-hetero) is 1. The summed E-state index contributed by atoms with van der Waals surface area (Å²) in [5.41, 5.74) is 9.13. The van der Waals surface area contributed by atoms with Crippen molar-refractivity contribution in [2.45, 2.75) is 24.0 Å². The number of imidazole rings is 1. The molecule has 5 rings (SSSR count). The van der Waals surface area contributed by atoms with Gasteiger partial charge < -0.3 is 5.73 Å². The first-order valence-electron chi connectivity index (χ1n) is 10.8. The van der Waals surface area contributed by atoms with Crippen LogP contribution in [0.2, 0.25) is 0 Å². The lowest BCUT2D eigenvalue weighted by Gasteiger charge is -2.24. The molecule has 35 heavy (non-hydrogen) atoms. The number of nitrogens with one attached hydrogen (secondary N) is 1. The lowest BCUT2D eigenvalue weighted by atomic mass is 9.93. The zero-order chi connectivity index (χ0) is 24.7. The average molecular weight is 492 g/mol. The predicted octanol–water partition coefficient (Wildman–Crippen LogP) is 2.81. The van der Waals surface area contributed by atoms with E-state index < -0.39 is 21.9 Å². The van der Waals surface area contributed by atoms with Crippen LogP contribution in [0, 0.1) is 5.82 Å². The smallest absolute Gasteiger partial charge is 0.238 e. The Morgan fingerprint density at radius 1 is 1.09 bits per heavy atom. The highest BCUT2D eigenvalue weighted by molar-refractivity contribution is 7.89. The second-order valence-corrected chi connectivity index (χ2v) is 9.77. The van der Waals surface area contributed by atoms with Crippen LogP contribution in [0.4, 0.5) is 4.39 Å². The van der Waals surface area contributed by atoms with Crippen molar-refractivity contribution in [3.8, 4) is 16.8 Å². The van der Waals surface area contributed by atoms with E-state index in [9.17, 15) is 13.2 Å². The van der Waals surface area contributed by atoms with E-state index in [1.807, 2.05) is 24.3 Å². The highest BCUT2D eigenvalue weighted by atomic mass is 32.2. The number of rotatable bonds is 5. The van der Waals surface area contributed by atoms with Crippen molar-refractivity contribution in [1.29, 1.82) is 0 Å². The van der Waals surface area contributed by atoms with Crippen LogP contribution in [-0.2, 0) is 23.1 Å². The molecule has 1 unspecified atom stereocenters. The van der Waals surface area contributed by atoms with E-state index in [1.165, 1.54) is 18.2 Å². The standard InChI is InChI=1S/C25H22FN5O3S/c26-20-11-16(18-6-1-2-7-22(18)35(28,33)34)8-9-19(20)23-25(32)24-21(13-29-23)30-14-31(24)17-5-3-4-15(10-17)12-27/h1-11,14,23,29H,12-13,27H2,(H2,28,33,34). The number of carbonyl (C=O) groups excluding carboxylic acids is 1. The maximum Gasteiger partial charge on any atom is 0.238 e. The van der Waals surface area contributed by atoms with Gasteiger partial charge in [0.1, 0.15) is 23.9 Å². The molecule has 0 aliphatic carbocycles. The molecule has 1 aliphatic rings. The van der Waals surface area contributed by atoms with E-state index in [0.717, 1.165) is 11.3 Å². The molecule has 0 amide bonds. The van der Waals surface area contributed by atoms with Gasteiger partial charge in [-0.2, -0.15) is 0 Å². The molecule has 4 aromatic rings. The molecule has 0 fully saturated rings. The lowest BCUT2D eigenvalue weighted by molar-refractivity contribution is 0.0920. The van der Waals surface area contributed by atoms with Gasteiger partial charge in [0.05, 0.1) is 10.6 Å². The van der Waals surface area contributed by atoms with Gasteiger partial charge in [-0.3, -0.25) is 14.7 Å². The van der Waals surface area contributed by atoms with E-state index >= 15 is 4.39 Å². The third kappa shape index (κ3) is 4.17. The van der Waals surface area contributed by atoms with Gasteiger partial charge in [0, 0.05) is 29.9 Å². The maximum atomic E-state index is 15.3. The number of hydrogen-bond donors (Lipinski definition) is 3. The Kier molecular flexibility index (Phi) is 5.81. The fraction of sp³-hybridized carbons (Fsp3) is 0.120. The van der Waals surface area contributed by atoms with E-state index in [0.29, 0.717) is 23.5 Å². The number of primary sulfonamides is 1. The zero-order valence-electron chi connectivity index (χ0n) is 18.5. The van der Waals surface area contributed by atoms with Crippen LogP contribution in [0.5, 0.6) is 0 Å². The molecule has 0 radical (unpaired) electrons. The minimum atomic E-state index is -4.00. The fourth-order valence-electron chi connectivity index (χ4n) is 4.37. The molecule has 2 heterocycles. The monoisotopic (exact) mass is 491 g/mol. The number of carbonyl (C=O) groups is 1. The van der Waals surface area contributed by atoms with Crippen molar-refractivity contribution >= 4 is 15.8 Å². The first kappa shape index (κ1) is 23.1. The van der Waals surface area contributed by atoms with Gasteiger partial charge in [0.25, 0.3) is 0 Å². The molecule has 1 atom stereocenters. The van der Waals surface area contributed by atoms with Crippen molar-refractivity contribution < 1.29 is 17.6 Å². The minimum absolute atomic E-state index is 0.104. The molecule has 0 bridgehead atoms. The molecular formula is C25H22FN5O3S. The van der Waals surface area contributed by atoms with Gasteiger partial charge in [-0.1, -0.05) is 42.5 Å². The van der Waals surface area contributed by atoms with Crippen LogP contribution >= 0.6 is 0 Å². The summed E-state index contributed by atoms with van der Waals surface area (Å²) in [6.45, 7) is 0.639. The number of fused-ring (bicyclic) bond motifs is 1. The van der Waals surface area contributed by atoms with Gasteiger partial charge >= 0.3 is 0 Å². The summed E-state index contributed by atoms with van der Waals surface area (Å²) < 4.78 is 41.0. The van der Waals surface area contributed by atoms with Crippen LogP contribution in [0.15, 0.2) is 78.0 Å². The number of ketones is 1. The first-order valence-corrected chi connectivity index (χ1v) is 12.4. The van der Waals surface area contributed by atoms with Crippen molar-refractivity contribution in [3.05, 3.63) is 101 Å². The number of nitrogens with zero attached hydrogens (tertiary/aromatic N) is 2. The minimum Gasteiger partial charge on any atom is -0.326 e. The van der Waals surface area contributed by atoms with Crippen molar-refractivity contribution in [3.63, 3.8) is 0 Å². The number of benzene rings is 3. The molecule has 3 aromatic carbocycles. The summed E-state index contributed by atoms with van der Waals surface area (Å²) in [4.78, 5) is 17.8. The number of nitrogens with two attached hydrogens (primary N) is 2. The molecule has 0 spiro atoms. The highest BCUT2D eigenvalue weighted by Gasteiger charge is 2.34. The molecule has 0 saturated heterocycles. The van der Waals surface area contributed by atoms with Crippen LogP contribution in [0.3, 0.4) is 0 Å². The average Bonchev–Trinajstić information content (AvgIpc) is 3.29. The number of halogens is 1.